The van der Waals surface area contributed by atoms with E-state index in [1.165, 1.54) is 17.1 Å². The van der Waals surface area contributed by atoms with Gasteiger partial charge in [-0.05, 0) is 19.4 Å². The minimum atomic E-state index is -0.226. The first-order chi connectivity index (χ1) is 9.63. The van der Waals surface area contributed by atoms with Gasteiger partial charge in [0.15, 0.2) is 0 Å². The molecule has 0 bridgehead atoms. The maximum absolute atomic E-state index is 12.3. The minimum absolute atomic E-state index is 0.226. The monoisotopic (exact) mass is 268 g/mol. The zero-order chi connectivity index (χ0) is 14.5. The van der Waals surface area contributed by atoms with Crippen molar-refractivity contribution in [1.29, 1.82) is 5.26 Å². The van der Waals surface area contributed by atoms with Crippen LogP contribution in [0.2, 0.25) is 0 Å². The molecule has 0 spiro atoms. The van der Waals surface area contributed by atoms with Crippen molar-refractivity contribution in [3.63, 3.8) is 0 Å². The van der Waals surface area contributed by atoms with Crippen LogP contribution in [-0.2, 0) is 6.54 Å². The van der Waals surface area contributed by atoms with E-state index >= 15 is 0 Å². The fourth-order valence-electron chi connectivity index (χ4n) is 1.98. The molecular weight excluding hydrogens is 252 g/mol. The van der Waals surface area contributed by atoms with Crippen LogP contribution in [0.15, 0.2) is 36.7 Å². The van der Waals surface area contributed by atoms with E-state index in [9.17, 15) is 4.79 Å². The Balaban J connectivity index is 2.15. The second kappa shape index (κ2) is 6.02. The van der Waals surface area contributed by atoms with Gasteiger partial charge in [0.25, 0.3) is 0 Å². The van der Waals surface area contributed by atoms with E-state index in [-0.39, 0.29) is 6.03 Å². The number of nitriles is 1. The van der Waals surface area contributed by atoms with Gasteiger partial charge < -0.3 is 4.90 Å². The summed E-state index contributed by atoms with van der Waals surface area (Å²) in [5.41, 5.74) is 2.62. The lowest BCUT2D eigenvalue weighted by atomic mass is 10.1. The van der Waals surface area contributed by atoms with Crippen molar-refractivity contribution in [1.82, 2.24) is 14.7 Å². The van der Waals surface area contributed by atoms with Gasteiger partial charge in [0.1, 0.15) is 6.07 Å². The maximum atomic E-state index is 12.3. The third kappa shape index (κ3) is 3.04. The first-order valence-electron chi connectivity index (χ1n) is 6.43. The molecule has 0 aliphatic rings. The molecule has 20 heavy (non-hydrogen) atoms. The van der Waals surface area contributed by atoms with Crippen LogP contribution in [0.3, 0.4) is 0 Å². The fraction of sp³-hybridized carbons (Fsp3) is 0.267. The summed E-state index contributed by atoms with van der Waals surface area (Å²) >= 11 is 0. The highest BCUT2D eigenvalue weighted by atomic mass is 16.2. The van der Waals surface area contributed by atoms with Crippen LogP contribution in [0.4, 0.5) is 4.79 Å². The van der Waals surface area contributed by atoms with Crippen LogP contribution < -0.4 is 0 Å². The first kappa shape index (κ1) is 13.8. The van der Waals surface area contributed by atoms with Crippen LogP contribution >= 0.6 is 0 Å². The van der Waals surface area contributed by atoms with Crippen molar-refractivity contribution < 1.29 is 4.79 Å². The molecule has 0 N–H and O–H groups in total. The molecule has 1 amide bonds. The molecule has 0 saturated carbocycles. The number of aromatic nitrogens is 2. The molecule has 102 valence electrons. The number of benzene rings is 1. The third-order valence-electron chi connectivity index (χ3n) is 3.02. The van der Waals surface area contributed by atoms with E-state index in [2.05, 4.69) is 11.2 Å². The molecule has 0 aliphatic carbocycles. The van der Waals surface area contributed by atoms with Gasteiger partial charge in [-0.1, -0.05) is 29.8 Å². The van der Waals surface area contributed by atoms with Crippen molar-refractivity contribution in [2.24, 2.45) is 0 Å². The van der Waals surface area contributed by atoms with Crippen molar-refractivity contribution in [2.45, 2.75) is 20.4 Å². The summed E-state index contributed by atoms with van der Waals surface area (Å²) in [6, 6.07) is 9.78. The highest BCUT2D eigenvalue weighted by Crippen LogP contribution is 2.09. The Morgan fingerprint density at radius 2 is 2.30 bits per heavy atom. The van der Waals surface area contributed by atoms with Crippen LogP contribution in [0.1, 0.15) is 23.6 Å². The summed E-state index contributed by atoms with van der Waals surface area (Å²) in [4.78, 5) is 14.0. The number of carbonyl (C=O) groups excluding carboxylic acids is 1. The number of nitrogens with zero attached hydrogens (tertiary/aromatic N) is 4. The lowest BCUT2D eigenvalue weighted by Crippen LogP contribution is -2.34. The van der Waals surface area contributed by atoms with Gasteiger partial charge in [0.05, 0.1) is 18.0 Å². The molecule has 0 unspecified atom stereocenters. The average molecular weight is 268 g/mol. The quantitative estimate of drug-likeness (QED) is 0.859. The van der Waals surface area contributed by atoms with Crippen LogP contribution in [0.5, 0.6) is 0 Å². The van der Waals surface area contributed by atoms with Crippen LogP contribution in [0, 0.1) is 18.3 Å². The second-order valence-electron chi connectivity index (χ2n) is 4.57. The number of hydrogen-bond donors (Lipinski definition) is 0. The molecule has 0 saturated heterocycles. The molecule has 0 radical (unpaired) electrons. The Morgan fingerprint density at radius 3 is 2.90 bits per heavy atom. The van der Waals surface area contributed by atoms with Crippen molar-refractivity contribution >= 4 is 6.03 Å². The van der Waals surface area contributed by atoms with E-state index in [1.54, 1.807) is 4.90 Å². The number of hydrogen-bond acceptors (Lipinski definition) is 3. The van der Waals surface area contributed by atoms with E-state index in [4.69, 9.17) is 5.26 Å². The van der Waals surface area contributed by atoms with Crippen molar-refractivity contribution in [2.75, 3.05) is 6.54 Å². The van der Waals surface area contributed by atoms with Gasteiger partial charge >= 0.3 is 6.03 Å². The Hall–Kier alpha value is -2.61. The minimum Gasteiger partial charge on any atom is -0.319 e. The van der Waals surface area contributed by atoms with Gasteiger partial charge in [-0.25, -0.2) is 4.79 Å². The van der Waals surface area contributed by atoms with Crippen LogP contribution in [0.25, 0.3) is 0 Å². The Kier molecular flexibility index (Phi) is 4.16. The molecule has 2 rings (SSSR count). The molecule has 5 nitrogen and oxygen atoms in total. The van der Waals surface area contributed by atoms with E-state index in [0.29, 0.717) is 18.7 Å². The average Bonchev–Trinajstić information content (AvgIpc) is 2.93. The molecule has 5 heteroatoms. The largest absolute Gasteiger partial charge is 0.344 e. The highest BCUT2D eigenvalue weighted by Gasteiger charge is 2.15. The Bertz CT molecular complexity index is 654. The lowest BCUT2D eigenvalue weighted by Gasteiger charge is -2.20. The van der Waals surface area contributed by atoms with Crippen LogP contribution in [-0.4, -0.2) is 27.3 Å². The molecule has 2 aromatic rings. The molecule has 1 aromatic carbocycles. The fourth-order valence-corrected chi connectivity index (χ4v) is 1.98. The number of amides is 1. The number of aryl methyl sites for hydroxylation is 1. The zero-order valence-corrected chi connectivity index (χ0v) is 11.6. The van der Waals surface area contributed by atoms with Gasteiger partial charge in [0.2, 0.25) is 0 Å². The number of rotatable bonds is 3. The van der Waals surface area contributed by atoms with E-state index in [0.717, 1.165) is 11.1 Å². The Morgan fingerprint density at radius 1 is 1.50 bits per heavy atom. The summed E-state index contributed by atoms with van der Waals surface area (Å²) in [6.45, 7) is 5.05. The summed E-state index contributed by atoms with van der Waals surface area (Å²) < 4.78 is 1.21. The molecule has 0 fully saturated rings. The topological polar surface area (TPSA) is 61.9 Å². The predicted octanol–water partition coefficient (Wildman–Crippen LogP) is 2.55. The molecule has 1 aromatic heterocycles. The van der Waals surface area contributed by atoms with Crippen molar-refractivity contribution in [3.8, 4) is 6.07 Å². The Labute approximate surface area is 118 Å². The smallest absolute Gasteiger partial charge is 0.319 e. The first-order valence-corrected chi connectivity index (χ1v) is 6.43. The maximum Gasteiger partial charge on any atom is 0.344 e. The predicted molar refractivity (Wildman–Crippen MR) is 75.0 cm³/mol. The van der Waals surface area contributed by atoms with Gasteiger partial charge in [0, 0.05) is 13.1 Å². The molecule has 0 atom stereocenters. The van der Waals surface area contributed by atoms with Crippen molar-refractivity contribution in [3.05, 3.63) is 53.3 Å². The number of carbonyl (C=O) groups is 1. The van der Waals surface area contributed by atoms with Gasteiger partial charge in [-0.15, -0.1) is 0 Å². The molecule has 1 heterocycles. The van der Waals surface area contributed by atoms with E-state index in [1.807, 2.05) is 38.1 Å². The standard InChI is InChI=1S/C15H16N4O/c1-3-18(10-13-6-4-5-12(2)7-13)15(20)19-11-14(8-16)9-17-19/h4-7,9,11H,3,10H2,1-2H3. The van der Waals surface area contributed by atoms with E-state index < -0.39 is 0 Å². The summed E-state index contributed by atoms with van der Waals surface area (Å²) in [6.07, 6.45) is 2.83. The summed E-state index contributed by atoms with van der Waals surface area (Å²) in [5, 5.41) is 12.7. The highest BCUT2D eigenvalue weighted by molar-refractivity contribution is 5.76. The lowest BCUT2D eigenvalue weighted by molar-refractivity contribution is 0.196. The van der Waals surface area contributed by atoms with Gasteiger partial charge in [-0.3, -0.25) is 0 Å². The normalized spacial score (nSPS) is 10.1. The zero-order valence-electron chi connectivity index (χ0n) is 11.6. The third-order valence-corrected chi connectivity index (χ3v) is 3.02. The SMILES string of the molecule is CCN(Cc1cccc(C)c1)C(=O)n1cc(C#N)cn1. The second-order valence-corrected chi connectivity index (χ2v) is 4.57. The molecule has 0 aliphatic heterocycles. The summed E-state index contributed by atoms with van der Waals surface area (Å²) in [7, 11) is 0. The molecular formula is C15H16N4O. The summed E-state index contributed by atoms with van der Waals surface area (Å²) in [5.74, 6) is 0. The van der Waals surface area contributed by atoms with Gasteiger partial charge in [-0.2, -0.15) is 15.0 Å².